The van der Waals surface area contributed by atoms with Crippen molar-refractivity contribution >= 4 is 25.7 Å². The number of rotatable bonds is 44. The number of hydrogen-bond acceptors (Lipinski definition) is 9. The number of carboxylic acids is 1. The van der Waals surface area contributed by atoms with Gasteiger partial charge in [-0.1, -0.05) is 186 Å². The number of nitrogens with two attached hydrogens (primary N) is 1. The molecule has 0 saturated carbocycles. The summed E-state index contributed by atoms with van der Waals surface area (Å²) in [6.45, 7) is 2.81. The van der Waals surface area contributed by atoms with Gasteiger partial charge in [-0.05, 0) is 44.9 Å². The molecule has 0 aliphatic carbocycles. The summed E-state index contributed by atoms with van der Waals surface area (Å²) in [5.74, 6) is -2.37. The second kappa shape index (κ2) is 41.7. The Hall–Kier alpha value is -2.04. The van der Waals surface area contributed by atoms with Crippen molar-refractivity contribution in [3.8, 4) is 0 Å². The summed E-state index contributed by atoms with van der Waals surface area (Å²) in [4.78, 5) is 46.0. The molecule has 0 amide bonds. The minimum absolute atomic E-state index is 0.159. The predicted molar refractivity (Wildman–Crippen MR) is 236 cm³/mol. The van der Waals surface area contributed by atoms with E-state index in [4.69, 9.17) is 24.8 Å². The molecule has 0 aliphatic heterocycles. The summed E-state index contributed by atoms with van der Waals surface area (Å²) in [6.07, 6.45) is 43.8. The zero-order valence-corrected chi connectivity index (χ0v) is 37.8. The van der Waals surface area contributed by atoms with Crippen LogP contribution in [0.15, 0.2) is 24.3 Å². The van der Waals surface area contributed by atoms with Gasteiger partial charge >= 0.3 is 25.7 Å². The highest BCUT2D eigenvalue weighted by atomic mass is 31.2. The van der Waals surface area contributed by atoms with Gasteiger partial charge in [-0.25, -0.2) is 4.57 Å². The van der Waals surface area contributed by atoms with Crippen LogP contribution in [0.5, 0.6) is 0 Å². The fraction of sp³-hybridized carbons (Fsp3) is 0.848. The lowest BCUT2D eigenvalue weighted by Gasteiger charge is -2.20. The van der Waals surface area contributed by atoms with Crippen molar-refractivity contribution in [1.82, 2.24) is 0 Å². The largest absolute Gasteiger partial charge is 0.480 e. The van der Waals surface area contributed by atoms with Crippen molar-refractivity contribution in [2.45, 2.75) is 231 Å². The lowest BCUT2D eigenvalue weighted by Crippen LogP contribution is -2.34. The Morgan fingerprint density at radius 2 is 0.914 bits per heavy atom. The maximum Gasteiger partial charge on any atom is 0.472 e. The van der Waals surface area contributed by atoms with Crippen molar-refractivity contribution in [3.05, 3.63) is 24.3 Å². The zero-order chi connectivity index (χ0) is 42.8. The Morgan fingerprint density at radius 1 is 0.534 bits per heavy atom. The molecule has 12 heteroatoms. The number of esters is 2. The van der Waals surface area contributed by atoms with E-state index in [0.717, 1.165) is 51.4 Å². The molecular weight excluding hydrogens is 757 g/mol. The number of carbonyl (C=O) groups excluding carboxylic acids is 2. The van der Waals surface area contributed by atoms with Crippen molar-refractivity contribution < 1.29 is 47.5 Å². The Balaban J connectivity index is 4.28. The molecule has 0 fully saturated rings. The van der Waals surface area contributed by atoms with E-state index < -0.39 is 51.1 Å². The van der Waals surface area contributed by atoms with Gasteiger partial charge in [0.1, 0.15) is 12.6 Å². The molecule has 11 nitrogen and oxygen atoms in total. The Bertz CT molecular complexity index is 1080. The monoisotopic (exact) mass is 844 g/mol. The van der Waals surface area contributed by atoms with Gasteiger partial charge in [0.15, 0.2) is 6.10 Å². The van der Waals surface area contributed by atoms with Gasteiger partial charge in [-0.2, -0.15) is 0 Å². The van der Waals surface area contributed by atoms with Crippen molar-refractivity contribution in [1.29, 1.82) is 0 Å². The van der Waals surface area contributed by atoms with E-state index in [1.54, 1.807) is 0 Å². The molecule has 0 saturated heterocycles. The zero-order valence-electron chi connectivity index (χ0n) is 36.9. The molecule has 0 rings (SSSR count). The highest BCUT2D eigenvalue weighted by molar-refractivity contribution is 7.47. The van der Waals surface area contributed by atoms with Crippen LogP contribution in [0.1, 0.15) is 219 Å². The van der Waals surface area contributed by atoms with Crippen molar-refractivity contribution in [2.24, 2.45) is 5.73 Å². The highest BCUT2D eigenvalue weighted by Gasteiger charge is 2.28. The molecule has 3 atom stereocenters. The number of allylic oxidation sites excluding steroid dienone is 4. The van der Waals surface area contributed by atoms with Crippen LogP contribution in [0.3, 0.4) is 0 Å². The SMILES string of the molecule is CCCCCCC/C=C\C/C=C\CCCCCCCCCCCC(=O)OC(COC(=O)CCCCCCCCCCCCCCC)COP(=O)(O)OCC(N)C(=O)O. The van der Waals surface area contributed by atoms with Crippen LogP contribution in [0.25, 0.3) is 0 Å². The lowest BCUT2D eigenvalue weighted by atomic mass is 10.0. The average Bonchev–Trinajstić information content (AvgIpc) is 3.20. The third kappa shape index (κ3) is 40.7. The van der Waals surface area contributed by atoms with Gasteiger partial charge in [0.05, 0.1) is 13.2 Å². The van der Waals surface area contributed by atoms with Gasteiger partial charge in [-0.15, -0.1) is 0 Å². The van der Waals surface area contributed by atoms with Crippen LogP contribution in [0.2, 0.25) is 0 Å². The molecule has 0 heterocycles. The Morgan fingerprint density at radius 3 is 1.34 bits per heavy atom. The Kier molecular flexibility index (Phi) is 40.2. The van der Waals surface area contributed by atoms with Gasteiger partial charge in [0, 0.05) is 12.8 Å². The van der Waals surface area contributed by atoms with E-state index in [0.29, 0.717) is 12.8 Å². The number of phosphoric acid groups is 1. The first-order valence-electron chi connectivity index (χ1n) is 23.4. The first-order valence-corrected chi connectivity index (χ1v) is 24.9. The molecular formula is C46H86NO10P. The Labute approximate surface area is 353 Å². The number of ether oxygens (including phenoxy) is 2. The molecule has 0 bridgehead atoms. The number of phosphoric ester groups is 1. The molecule has 0 spiro atoms. The predicted octanol–water partition coefficient (Wildman–Crippen LogP) is 12.6. The molecule has 340 valence electrons. The van der Waals surface area contributed by atoms with Crippen molar-refractivity contribution in [3.63, 3.8) is 0 Å². The molecule has 0 radical (unpaired) electrons. The minimum atomic E-state index is -4.71. The van der Waals surface area contributed by atoms with Crippen LogP contribution in [0.4, 0.5) is 0 Å². The first-order chi connectivity index (χ1) is 28.1. The summed E-state index contributed by atoms with van der Waals surface area (Å²) >= 11 is 0. The third-order valence-corrected chi connectivity index (χ3v) is 11.2. The van der Waals surface area contributed by atoms with Crippen LogP contribution in [0, 0.1) is 0 Å². The number of hydrogen-bond donors (Lipinski definition) is 3. The smallest absolute Gasteiger partial charge is 0.472 e. The van der Waals surface area contributed by atoms with Crippen LogP contribution in [-0.2, 0) is 37.5 Å². The van der Waals surface area contributed by atoms with Gasteiger partial charge < -0.3 is 25.2 Å². The molecule has 58 heavy (non-hydrogen) atoms. The van der Waals surface area contributed by atoms with Crippen LogP contribution in [-0.4, -0.2) is 59.9 Å². The van der Waals surface area contributed by atoms with Gasteiger partial charge in [-0.3, -0.25) is 23.4 Å². The quantitative estimate of drug-likeness (QED) is 0.0231. The number of carboxylic acid groups (broad SMARTS) is 1. The summed E-state index contributed by atoms with van der Waals surface area (Å²) in [5, 5.41) is 8.90. The van der Waals surface area contributed by atoms with Crippen LogP contribution >= 0.6 is 7.82 Å². The number of aliphatic carboxylic acids is 1. The van der Waals surface area contributed by atoms with E-state index in [9.17, 15) is 23.8 Å². The fourth-order valence-electron chi connectivity index (χ4n) is 6.51. The normalized spacial score (nSPS) is 13.9. The van der Waals surface area contributed by atoms with E-state index in [-0.39, 0.29) is 19.4 Å². The summed E-state index contributed by atoms with van der Waals surface area (Å²) < 4.78 is 32.7. The number of unbranched alkanes of at least 4 members (excludes halogenated alkanes) is 26. The minimum Gasteiger partial charge on any atom is -0.480 e. The van der Waals surface area contributed by atoms with Gasteiger partial charge in [0.25, 0.3) is 0 Å². The molecule has 0 aromatic rings. The fourth-order valence-corrected chi connectivity index (χ4v) is 7.29. The molecule has 3 unspecified atom stereocenters. The highest BCUT2D eigenvalue weighted by Crippen LogP contribution is 2.43. The maximum absolute atomic E-state index is 12.7. The molecule has 0 aliphatic rings. The maximum atomic E-state index is 12.7. The van der Waals surface area contributed by atoms with E-state index >= 15 is 0 Å². The summed E-state index contributed by atoms with van der Waals surface area (Å²) in [6, 6.07) is -1.52. The van der Waals surface area contributed by atoms with E-state index in [2.05, 4.69) is 42.7 Å². The van der Waals surface area contributed by atoms with Gasteiger partial charge in [0.2, 0.25) is 0 Å². The van der Waals surface area contributed by atoms with E-state index in [1.165, 1.54) is 128 Å². The second-order valence-electron chi connectivity index (χ2n) is 15.9. The first kappa shape index (κ1) is 56.0. The second-order valence-corrected chi connectivity index (χ2v) is 17.3. The molecule has 0 aromatic heterocycles. The molecule has 0 aromatic carbocycles. The molecule has 4 N–H and O–H groups in total. The van der Waals surface area contributed by atoms with Crippen LogP contribution < -0.4 is 5.73 Å². The average molecular weight is 844 g/mol. The standard InChI is InChI=1S/C46H86NO10P/c1-3-5-7-9-11-13-15-17-18-19-20-21-22-23-24-26-28-30-32-34-36-38-45(49)57-42(40-55-58(52,53)56-41-43(47)46(50)51)39-54-44(48)37-35-33-31-29-27-25-16-14-12-10-8-6-4-2/h15,17,19-20,42-43H,3-14,16,18,21-41,47H2,1-2H3,(H,50,51)(H,52,53)/b17-15-,20-19-. The van der Waals surface area contributed by atoms with Crippen molar-refractivity contribution in [2.75, 3.05) is 19.8 Å². The summed E-state index contributed by atoms with van der Waals surface area (Å²) in [5.41, 5.74) is 5.34. The lowest BCUT2D eigenvalue weighted by molar-refractivity contribution is -0.161. The van der Waals surface area contributed by atoms with E-state index in [1.807, 2.05) is 0 Å². The third-order valence-electron chi connectivity index (χ3n) is 10.2. The summed E-state index contributed by atoms with van der Waals surface area (Å²) in [7, 11) is -4.71. The topological polar surface area (TPSA) is 172 Å². The number of carbonyl (C=O) groups is 3.